The molecule has 0 saturated carbocycles. The van der Waals surface area contributed by atoms with E-state index >= 15 is 0 Å². The summed E-state index contributed by atoms with van der Waals surface area (Å²) in [6, 6.07) is 3.12. The van der Waals surface area contributed by atoms with Crippen LogP contribution in [-0.2, 0) is 17.8 Å². The molecule has 1 aromatic carbocycles. The van der Waals surface area contributed by atoms with Gasteiger partial charge in [0, 0.05) is 24.0 Å². The van der Waals surface area contributed by atoms with Crippen LogP contribution in [0.4, 0.5) is 14.5 Å². The van der Waals surface area contributed by atoms with E-state index in [9.17, 15) is 23.5 Å². The number of aliphatic hydroxyl groups excluding tert-OH is 1. The highest BCUT2D eigenvalue weighted by Crippen LogP contribution is 2.33. The van der Waals surface area contributed by atoms with Gasteiger partial charge in [-0.05, 0) is 44.4 Å². The summed E-state index contributed by atoms with van der Waals surface area (Å²) in [6.07, 6.45) is 0.159. The van der Waals surface area contributed by atoms with Crippen molar-refractivity contribution in [2.75, 3.05) is 5.32 Å². The first-order valence-corrected chi connectivity index (χ1v) is 7.98. The van der Waals surface area contributed by atoms with Crippen molar-refractivity contribution < 1.29 is 23.5 Å². The van der Waals surface area contributed by atoms with E-state index in [1.807, 2.05) is 4.57 Å². The smallest absolute Gasteiger partial charge is 0.257 e. The Morgan fingerprint density at radius 2 is 2.00 bits per heavy atom. The summed E-state index contributed by atoms with van der Waals surface area (Å²) >= 11 is 0. The minimum Gasteiger partial charge on any atom is -0.379 e. The lowest BCUT2D eigenvalue weighted by Gasteiger charge is -2.12. The molecule has 0 saturated heterocycles. The van der Waals surface area contributed by atoms with E-state index in [2.05, 4.69) is 5.32 Å². The van der Waals surface area contributed by atoms with Gasteiger partial charge in [-0.15, -0.1) is 0 Å². The van der Waals surface area contributed by atoms with Gasteiger partial charge in [-0.1, -0.05) is 0 Å². The maximum absolute atomic E-state index is 13.3. The molecule has 1 aromatic heterocycles. The fourth-order valence-corrected chi connectivity index (χ4v) is 3.36. The van der Waals surface area contributed by atoms with Crippen molar-refractivity contribution in [2.45, 2.75) is 39.3 Å². The van der Waals surface area contributed by atoms with E-state index in [1.165, 1.54) is 13.0 Å². The Labute approximate surface area is 143 Å². The predicted octanol–water partition coefficient (Wildman–Crippen LogP) is 2.90. The number of hydrogen-bond acceptors (Lipinski definition) is 3. The summed E-state index contributed by atoms with van der Waals surface area (Å²) in [6.45, 7) is 3.58. The third-order valence-corrected chi connectivity index (χ3v) is 4.51. The van der Waals surface area contributed by atoms with Crippen molar-refractivity contribution in [1.82, 2.24) is 4.57 Å². The minimum absolute atomic E-state index is 0.134. The molecule has 1 aliphatic heterocycles. The number of nitrogens with zero attached hydrogens (tertiary/aromatic N) is 1. The van der Waals surface area contributed by atoms with Crippen LogP contribution in [0.1, 0.15) is 46.8 Å². The number of carbonyl (C=O) groups excluding carboxylic acids is 2. The van der Waals surface area contributed by atoms with Crippen LogP contribution < -0.4 is 5.32 Å². The summed E-state index contributed by atoms with van der Waals surface area (Å²) in [4.78, 5) is 24.3. The van der Waals surface area contributed by atoms with Crippen LogP contribution in [0.2, 0.25) is 0 Å². The average Bonchev–Trinajstić information content (AvgIpc) is 3.09. The first-order valence-electron chi connectivity index (χ1n) is 7.98. The van der Waals surface area contributed by atoms with Gasteiger partial charge in [0.1, 0.15) is 0 Å². The molecule has 0 spiro atoms. The predicted molar refractivity (Wildman–Crippen MR) is 87.4 cm³/mol. The van der Waals surface area contributed by atoms with Crippen molar-refractivity contribution >= 4 is 17.4 Å². The third kappa shape index (κ3) is 2.95. The number of aromatic nitrogens is 1. The Morgan fingerprint density at radius 3 is 2.64 bits per heavy atom. The number of rotatable bonds is 4. The molecule has 1 amide bonds. The molecule has 2 N–H and O–H groups in total. The summed E-state index contributed by atoms with van der Waals surface area (Å²) < 4.78 is 28.2. The van der Waals surface area contributed by atoms with Gasteiger partial charge in [-0.3, -0.25) is 9.59 Å². The molecule has 1 unspecified atom stereocenters. The van der Waals surface area contributed by atoms with Gasteiger partial charge in [0.25, 0.3) is 5.91 Å². The Kier molecular flexibility index (Phi) is 4.43. The summed E-state index contributed by atoms with van der Waals surface area (Å²) in [7, 11) is 0. The number of ketones is 1. The largest absolute Gasteiger partial charge is 0.379 e. The van der Waals surface area contributed by atoms with E-state index in [-0.39, 0.29) is 5.69 Å². The second kappa shape index (κ2) is 6.40. The van der Waals surface area contributed by atoms with Crippen molar-refractivity contribution in [3.63, 3.8) is 0 Å². The quantitative estimate of drug-likeness (QED) is 0.892. The Bertz CT molecular complexity index is 874. The van der Waals surface area contributed by atoms with Gasteiger partial charge in [0.15, 0.2) is 23.5 Å². The molecule has 2 aromatic rings. The first-order chi connectivity index (χ1) is 11.8. The molecular weight excluding hydrogens is 330 g/mol. The normalized spacial score (nSPS) is 14.3. The van der Waals surface area contributed by atoms with Crippen molar-refractivity contribution in [1.29, 1.82) is 0 Å². The lowest BCUT2D eigenvalue weighted by atomic mass is 10.0. The fraction of sp³-hybridized carbons (Fsp3) is 0.333. The van der Waals surface area contributed by atoms with Crippen molar-refractivity contribution in [2.24, 2.45) is 0 Å². The number of benzene rings is 1. The van der Waals surface area contributed by atoms with Crippen LogP contribution in [0, 0.1) is 18.6 Å². The lowest BCUT2D eigenvalue weighted by molar-refractivity contribution is -0.125. The zero-order valence-corrected chi connectivity index (χ0v) is 13.9. The maximum atomic E-state index is 13.3. The Hall–Kier alpha value is -2.54. The van der Waals surface area contributed by atoms with Crippen LogP contribution in [0.15, 0.2) is 18.2 Å². The number of Topliss-reactive ketones (excluding diaryl/α,β-unsaturated/α-hetero) is 1. The number of amides is 1. The highest BCUT2D eigenvalue weighted by molar-refractivity contribution is 6.06. The van der Waals surface area contributed by atoms with E-state index in [0.717, 1.165) is 24.2 Å². The number of anilines is 1. The molecule has 1 aliphatic rings. The van der Waals surface area contributed by atoms with Crippen LogP contribution in [0.5, 0.6) is 0 Å². The molecule has 0 bridgehead atoms. The second-order valence-electron chi connectivity index (χ2n) is 6.18. The zero-order chi connectivity index (χ0) is 18.3. The van der Waals surface area contributed by atoms with Crippen molar-refractivity contribution in [3.8, 4) is 0 Å². The molecule has 5 nitrogen and oxygen atoms in total. The molecule has 2 heterocycles. The summed E-state index contributed by atoms with van der Waals surface area (Å²) in [5, 5.41) is 12.8. The Balaban J connectivity index is 1.99. The topological polar surface area (TPSA) is 71.3 Å². The molecule has 0 aliphatic carbocycles. The molecule has 7 heteroatoms. The van der Waals surface area contributed by atoms with Gasteiger partial charge < -0.3 is 15.0 Å². The van der Waals surface area contributed by atoms with Gasteiger partial charge in [0.05, 0.1) is 11.3 Å². The third-order valence-electron chi connectivity index (χ3n) is 4.51. The fourth-order valence-electron chi connectivity index (χ4n) is 3.36. The molecule has 3 rings (SSSR count). The maximum Gasteiger partial charge on any atom is 0.257 e. The SMILES string of the molecule is CC(=O)C(O)c1c(C)c(C(=O)Nc2ccc(F)c(F)c2)c2n1CCC2. The number of halogens is 2. The lowest BCUT2D eigenvalue weighted by Crippen LogP contribution is -2.15. The first kappa shape index (κ1) is 17.3. The van der Waals surface area contributed by atoms with Crippen molar-refractivity contribution in [3.05, 3.63) is 52.3 Å². The standard InChI is InChI=1S/C18H18F2N2O3/c1-9-15(18(25)21-11-5-6-12(19)13(20)8-11)14-4-3-7-22(14)16(9)17(24)10(2)23/h5-6,8,17,24H,3-4,7H2,1-2H3,(H,21,25). The van der Waals surface area contributed by atoms with Crippen LogP contribution in [-0.4, -0.2) is 21.4 Å². The van der Waals surface area contributed by atoms with E-state index in [4.69, 9.17) is 0 Å². The summed E-state index contributed by atoms with van der Waals surface area (Å²) in [5.41, 5.74) is 2.20. The number of nitrogens with one attached hydrogen (secondary N) is 1. The van der Waals surface area contributed by atoms with E-state index in [0.29, 0.717) is 29.8 Å². The molecule has 25 heavy (non-hydrogen) atoms. The molecule has 0 fully saturated rings. The van der Waals surface area contributed by atoms with E-state index in [1.54, 1.807) is 6.92 Å². The van der Waals surface area contributed by atoms with E-state index < -0.39 is 29.4 Å². The van der Waals surface area contributed by atoms with Crippen LogP contribution in [0.3, 0.4) is 0 Å². The van der Waals surface area contributed by atoms with Gasteiger partial charge >= 0.3 is 0 Å². The monoisotopic (exact) mass is 348 g/mol. The number of aliphatic hydroxyl groups is 1. The Morgan fingerprint density at radius 1 is 1.28 bits per heavy atom. The van der Waals surface area contributed by atoms with Crippen LogP contribution >= 0.6 is 0 Å². The number of fused-ring (bicyclic) bond motifs is 1. The van der Waals surface area contributed by atoms with Gasteiger partial charge in [-0.2, -0.15) is 0 Å². The molecule has 132 valence electrons. The average molecular weight is 348 g/mol. The molecular formula is C18H18F2N2O3. The highest BCUT2D eigenvalue weighted by atomic mass is 19.2. The summed E-state index contributed by atoms with van der Waals surface area (Å²) in [5.74, 6) is -2.92. The highest BCUT2D eigenvalue weighted by Gasteiger charge is 2.31. The number of carbonyl (C=O) groups is 2. The van der Waals surface area contributed by atoms with Gasteiger partial charge in [0.2, 0.25) is 0 Å². The van der Waals surface area contributed by atoms with Crippen LogP contribution in [0.25, 0.3) is 0 Å². The second-order valence-corrected chi connectivity index (χ2v) is 6.18. The number of hydrogen-bond donors (Lipinski definition) is 2. The van der Waals surface area contributed by atoms with Gasteiger partial charge in [-0.25, -0.2) is 8.78 Å². The molecule has 0 radical (unpaired) electrons. The zero-order valence-electron chi connectivity index (χ0n) is 13.9. The minimum atomic E-state index is -1.29. The molecule has 1 atom stereocenters.